The molecule has 1 heterocycles. The zero-order chi connectivity index (χ0) is 15.9. The maximum Gasteiger partial charge on any atom is 0.222 e. The first-order chi connectivity index (χ1) is 11.3. The second-order valence-corrected chi connectivity index (χ2v) is 4.98. The van der Waals surface area contributed by atoms with Crippen LogP contribution in [0.2, 0.25) is 0 Å². The molecule has 0 aliphatic rings. The highest BCUT2D eigenvalue weighted by atomic mass is 15.3. The number of benzene rings is 2. The largest absolute Gasteiger partial charge is 0.368 e. The maximum absolute atomic E-state index is 5.78. The van der Waals surface area contributed by atoms with Gasteiger partial charge in [0.05, 0.1) is 5.69 Å². The molecule has 0 radical (unpaired) electrons. The van der Waals surface area contributed by atoms with Gasteiger partial charge < -0.3 is 5.73 Å². The molecule has 0 saturated carbocycles. The van der Waals surface area contributed by atoms with E-state index in [0.717, 1.165) is 17.7 Å². The average Bonchev–Trinajstić information content (AvgIpc) is 2.60. The van der Waals surface area contributed by atoms with Gasteiger partial charge in [-0.25, -0.2) is 4.98 Å². The van der Waals surface area contributed by atoms with Crippen molar-refractivity contribution in [2.24, 2.45) is 5.10 Å². The number of nitrogens with one attached hydrogen (secondary N) is 1. The molecule has 114 valence electrons. The number of rotatable bonds is 5. The molecule has 0 saturated heterocycles. The summed E-state index contributed by atoms with van der Waals surface area (Å²) in [5.74, 6) is 0.785. The number of anilines is 2. The maximum atomic E-state index is 5.78. The van der Waals surface area contributed by atoms with Crippen molar-refractivity contribution in [3.63, 3.8) is 0 Å². The Balaban J connectivity index is 1.70. The molecule has 0 aliphatic carbocycles. The molecule has 0 fully saturated rings. The van der Waals surface area contributed by atoms with Crippen LogP contribution in [0.4, 0.5) is 11.8 Å². The molecule has 5 nitrogen and oxygen atoms in total. The Morgan fingerprint density at radius 1 is 0.957 bits per heavy atom. The van der Waals surface area contributed by atoms with E-state index in [4.69, 9.17) is 5.73 Å². The predicted octanol–water partition coefficient (Wildman–Crippen LogP) is 3.37. The van der Waals surface area contributed by atoms with E-state index in [1.165, 1.54) is 5.56 Å². The molecule has 2 aromatic carbocycles. The third-order valence-electron chi connectivity index (χ3n) is 3.25. The zero-order valence-corrected chi connectivity index (χ0v) is 12.6. The summed E-state index contributed by atoms with van der Waals surface area (Å²) in [4.78, 5) is 8.40. The van der Waals surface area contributed by atoms with Gasteiger partial charge in [-0.15, -0.1) is 0 Å². The van der Waals surface area contributed by atoms with Gasteiger partial charge in [-0.05, 0) is 5.56 Å². The lowest BCUT2D eigenvalue weighted by Gasteiger charge is -2.05. The van der Waals surface area contributed by atoms with Crippen molar-refractivity contribution in [2.75, 3.05) is 11.2 Å². The summed E-state index contributed by atoms with van der Waals surface area (Å²) < 4.78 is 0. The van der Waals surface area contributed by atoms with Crippen LogP contribution >= 0.6 is 0 Å². The Labute approximate surface area is 134 Å². The molecule has 0 atom stereocenters. The second-order valence-electron chi connectivity index (χ2n) is 4.98. The Bertz CT molecular complexity index is 785. The molecule has 0 spiro atoms. The smallest absolute Gasteiger partial charge is 0.222 e. The summed E-state index contributed by atoms with van der Waals surface area (Å²) in [6.07, 6.45) is 2.55. The van der Waals surface area contributed by atoms with Crippen molar-refractivity contribution >= 4 is 18.0 Å². The van der Waals surface area contributed by atoms with Gasteiger partial charge in [0.15, 0.2) is 5.82 Å². The molecule has 0 aliphatic heterocycles. The van der Waals surface area contributed by atoms with Crippen LogP contribution in [0.15, 0.2) is 71.8 Å². The van der Waals surface area contributed by atoms with Gasteiger partial charge in [0.25, 0.3) is 0 Å². The number of nitrogens with zero attached hydrogens (tertiary/aromatic N) is 3. The lowest BCUT2D eigenvalue weighted by atomic mass is 10.1. The van der Waals surface area contributed by atoms with Crippen LogP contribution < -0.4 is 11.2 Å². The average molecular weight is 303 g/mol. The fraction of sp³-hybridized carbons (Fsp3) is 0.0556. The molecule has 5 heteroatoms. The van der Waals surface area contributed by atoms with E-state index < -0.39 is 0 Å². The molecular weight excluding hydrogens is 286 g/mol. The van der Waals surface area contributed by atoms with Gasteiger partial charge in [-0.2, -0.15) is 10.1 Å². The van der Waals surface area contributed by atoms with Crippen LogP contribution in [0, 0.1) is 0 Å². The van der Waals surface area contributed by atoms with E-state index in [1.54, 1.807) is 6.21 Å². The summed E-state index contributed by atoms with van der Waals surface area (Å²) in [7, 11) is 0. The third-order valence-corrected chi connectivity index (χ3v) is 3.25. The summed E-state index contributed by atoms with van der Waals surface area (Å²) >= 11 is 0. The standard InChI is InChI=1S/C18H17N5/c19-18-21-16(15-9-5-2-6-10-15)13-17(22-18)23-20-12-11-14-7-3-1-4-8-14/h1-10,12-13H,11H2,(H3,19,21,22,23)/b20-12+. The van der Waals surface area contributed by atoms with E-state index in [9.17, 15) is 0 Å². The lowest BCUT2D eigenvalue weighted by Crippen LogP contribution is -2.01. The van der Waals surface area contributed by atoms with E-state index in [1.807, 2.05) is 54.6 Å². The summed E-state index contributed by atoms with van der Waals surface area (Å²) in [6, 6.07) is 21.8. The third kappa shape index (κ3) is 4.14. The Kier molecular flexibility index (Phi) is 4.59. The van der Waals surface area contributed by atoms with Crippen LogP contribution in [0.5, 0.6) is 0 Å². The first-order valence-corrected chi connectivity index (χ1v) is 7.33. The molecule has 3 N–H and O–H groups in total. The van der Waals surface area contributed by atoms with Gasteiger partial charge in [0.2, 0.25) is 5.95 Å². The predicted molar refractivity (Wildman–Crippen MR) is 94.1 cm³/mol. The molecular formula is C18H17N5. The normalized spacial score (nSPS) is 10.8. The summed E-state index contributed by atoms with van der Waals surface area (Å²) in [6.45, 7) is 0. The van der Waals surface area contributed by atoms with Crippen LogP contribution in [-0.2, 0) is 6.42 Å². The number of nitrogens with two attached hydrogens (primary N) is 1. The first-order valence-electron chi connectivity index (χ1n) is 7.33. The number of hydrogen-bond donors (Lipinski definition) is 2. The Morgan fingerprint density at radius 2 is 1.65 bits per heavy atom. The molecule has 3 rings (SSSR count). The molecule has 0 unspecified atom stereocenters. The molecule has 3 aromatic rings. The zero-order valence-electron chi connectivity index (χ0n) is 12.6. The van der Waals surface area contributed by atoms with Gasteiger partial charge >= 0.3 is 0 Å². The first kappa shape index (κ1) is 14.7. The number of hydrazone groups is 1. The van der Waals surface area contributed by atoms with Crippen molar-refractivity contribution in [3.8, 4) is 11.3 Å². The van der Waals surface area contributed by atoms with Crippen LogP contribution in [0.3, 0.4) is 0 Å². The van der Waals surface area contributed by atoms with Gasteiger partial charge in [-0.3, -0.25) is 5.43 Å². The summed E-state index contributed by atoms with van der Waals surface area (Å²) in [5.41, 5.74) is 11.6. The topological polar surface area (TPSA) is 76.2 Å². The highest BCUT2D eigenvalue weighted by Gasteiger charge is 2.03. The number of nitrogen functional groups attached to an aromatic ring is 1. The fourth-order valence-corrected chi connectivity index (χ4v) is 2.16. The van der Waals surface area contributed by atoms with E-state index >= 15 is 0 Å². The highest BCUT2D eigenvalue weighted by molar-refractivity contribution is 5.66. The van der Waals surface area contributed by atoms with E-state index in [2.05, 4.69) is 32.6 Å². The molecule has 23 heavy (non-hydrogen) atoms. The lowest BCUT2D eigenvalue weighted by molar-refractivity contribution is 1.15. The van der Waals surface area contributed by atoms with E-state index in [-0.39, 0.29) is 5.95 Å². The number of aromatic nitrogens is 2. The van der Waals surface area contributed by atoms with Crippen molar-refractivity contribution < 1.29 is 0 Å². The quantitative estimate of drug-likeness (QED) is 0.559. The van der Waals surface area contributed by atoms with Crippen molar-refractivity contribution in [3.05, 3.63) is 72.3 Å². The van der Waals surface area contributed by atoms with Gasteiger partial charge in [-0.1, -0.05) is 60.7 Å². The van der Waals surface area contributed by atoms with Crippen molar-refractivity contribution in [1.29, 1.82) is 0 Å². The Morgan fingerprint density at radius 3 is 2.39 bits per heavy atom. The number of hydrogen-bond acceptors (Lipinski definition) is 5. The Hall–Kier alpha value is -3.21. The van der Waals surface area contributed by atoms with Crippen molar-refractivity contribution in [1.82, 2.24) is 9.97 Å². The minimum Gasteiger partial charge on any atom is -0.368 e. The highest BCUT2D eigenvalue weighted by Crippen LogP contribution is 2.20. The van der Waals surface area contributed by atoms with Crippen LogP contribution in [0.1, 0.15) is 5.56 Å². The fourth-order valence-electron chi connectivity index (χ4n) is 2.16. The van der Waals surface area contributed by atoms with E-state index in [0.29, 0.717) is 5.82 Å². The van der Waals surface area contributed by atoms with Crippen LogP contribution in [-0.4, -0.2) is 16.2 Å². The van der Waals surface area contributed by atoms with Gasteiger partial charge in [0.1, 0.15) is 0 Å². The van der Waals surface area contributed by atoms with Crippen molar-refractivity contribution in [2.45, 2.75) is 6.42 Å². The summed E-state index contributed by atoms with van der Waals surface area (Å²) in [5, 5.41) is 4.19. The minimum atomic E-state index is 0.215. The monoisotopic (exact) mass is 303 g/mol. The molecule has 0 bridgehead atoms. The van der Waals surface area contributed by atoms with Crippen LogP contribution in [0.25, 0.3) is 11.3 Å². The van der Waals surface area contributed by atoms with Gasteiger partial charge in [0, 0.05) is 24.3 Å². The molecule has 1 aromatic heterocycles. The minimum absolute atomic E-state index is 0.215. The SMILES string of the molecule is Nc1nc(N/N=C/Cc2ccccc2)cc(-c2ccccc2)n1. The molecule has 0 amide bonds. The second kappa shape index (κ2) is 7.17.